The number of aliphatic hydroxyl groups excluding tert-OH is 1. The molecular weight excluding hydrogens is 380 g/mol. The molecular formula is C25H40O5. The van der Waals surface area contributed by atoms with Crippen molar-refractivity contribution in [2.45, 2.75) is 79.8 Å². The molecule has 2 saturated carbocycles. The number of hydrogen-bond donors (Lipinski definition) is 1. The van der Waals surface area contributed by atoms with Crippen molar-refractivity contribution >= 4 is 11.9 Å². The molecule has 1 N–H and O–H groups in total. The maximum absolute atomic E-state index is 13.2. The van der Waals surface area contributed by atoms with E-state index in [1.54, 1.807) is 0 Å². The lowest BCUT2D eigenvalue weighted by Crippen LogP contribution is -2.59. The summed E-state index contributed by atoms with van der Waals surface area (Å²) >= 11 is 0. The summed E-state index contributed by atoms with van der Waals surface area (Å²) in [4.78, 5) is 24.1. The Morgan fingerprint density at radius 1 is 1.03 bits per heavy atom. The number of carbonyl (C=O) groups is 2. The van der Waals surface area contributed by atoms with Crippen LogP contribution in [-0.2, 0) is 19.1 Å². The van der Waals surface area contributed by atoms with E-state index in [-0.39, 0.29) is 41.8 Å². The minimum Gasteiger partial charge on any atom is -0.463 e. The zero-order valence-electron chi connectivity index (χ0n) is 19.6. The quantitative estimate of drug-likeness (QED) is 0.523. The Bertz CT molecular complexity index is 698. The summed E-state index contributed by atoms with van der Waals surface area (Å²) in [5.74, 6) is 0.193. The van der Waals surface area contributed by atoms with Crippen LogP contribution in [0.15, 0.2) is 12.2 Å². The number of fused-ring (bicyclic) bond motifs is 3. The van der Waals surface area contributed by atoms with Gasteiger partial charge in [-0.2, -0.15) is 0 Å². The fraction of sp³-hybridized carbons (Fsp3) is 0.840. The highest BCUT2D eigenvalue weighted by Gasteiger charge is 2.62. The van der Waals surface area contributed by atoms with Gasteiger partial charge in [0.25, 0.3) is 0 Å². The maximum atomic E-state index is 13.2. The molecule has 0 aromatic rings. The minimum absolute atomic E-state index is 0.0983. The molecule has 30 heavy (non-hydrogen) atoms. The number of aliphatic hydroxyl groups is 1. The molecule has 7 atom stereocenters. The number of rotatable bonds is 5. The lowest BCUT2D eigenvalue weighted by Gasteiger charge is -2.64. The molecule has 0 radical (unpaired) electrons. The summed E-state index contributed by atoms with van der Waals surface area (Å²) in [5.41, 5.74) is 0.381. The van der Waals surface area contributed by atoms with Crippen molar-refractivity contribution in [2.24, 2.45) is 39.9 Å². The van der Waals surface area contributed by atoms with Crippen LogP contribution in [0.1, 0.15) is 73.6 Å². The second kappa shape index (κ2) is 8.29. The lowest BCUT2D eigenvalue weighted by molar-refractivity contribution is -0.176. The zero-order chi connectivity index (χ0) is 22.3. The number of hydrogen-bond acceptors (Lipinski definition) is 5. The molecule has 0 aromatic heterocycles. The second-order valence-electron chi connectivity index (χ2n) is 11.2. The van der Waals surface area contributed by atoms with Crippen LogP contribution in [0.25, 0.3) is 0 Å². The van der Waals surface area contributed by atoms with E-state index in [0.29, 0.717) is 17.3 Å². The summed E-state index contributed by atoms with van der Waals surface area (Å²) in [6, 6.07) is 0. The van der Waals surface area contributed by atoms with Gasteiger partial charge in [-0.15, -0.1) is 0 Å². The van der Waals surface area contributed by atoms with Gasteiger partial charge in [-0.1, -0.05) is 53.2 Å². The molecule has 2 fully saturated rings. The first kappa shape index (κ1) is 23.3. The van der Waals surface area contributed by atoms with Crippen LogP contribution >= 0.6 is 0 Å². The summed E-state index contributed by atoms with van der Waals surface area (Å²) in [7, 11) is 0. The van der Waals surface area contributed by atoms with Gasteiger partial charge < -0.3 is 14.6 Å². The van der Waals surface area contributed by atoms with Crippen LogP contribution < -0.4 is 0 Å². The molecule has 0 aromatic carbocycles. The van der Waals surface area contributed by atoms with Crippen LogP contribution in [-0.4, -0.2) is 36.4 Å². The van der Waals surface area contributed by atoms with Crippen molar-refractivity contribution in [3.8, 4) is 0 Å². The highest BCUT2D eigenvalue weighted by molar-refractivity contribution is 5.74. The van der Waals surface area contributed by atoms with Crippen LogP contribution in [0.2, 0.25) is 0 Å². The van der Waals surface area contributed by atoms with E-state index < -0.39 is 12.1 Å². The molecule has 0 bridgehead atoms. The third kappa shape index (κ3) is 4.06. The Hall–Kier alpha value is -1.36. The standard InChI is InChI=1S/C25H40O5/c1-16-8-9-20-24(5)12-7-11-23(3,4)19(24)10-13-25(20,6)21(16)22(28)30-15-18(27)14-29-17(2)26/h8-9,16,18-21,27H,7,10-15H2,1-6H3/t16-,18+,19-,20?,21?,24-,25+/m1/s1. The topological polar surface area (TPSA) is 72.8 Å². The SMILES string of the molecule is CC(=O)OC[C@H](O)COC(=O)C1[C@H](C)C=CC2[C@]1(C)CC[C@@H]1C(C)(C)CCC[C@@]21C. The van der Waals surface area contributed by atoms with Crippen molar-refractivity contribution in [3.63, 3.8) is 0 Å². The molecule has 170 valence electrons. The van der Waals surface area contributed by atoms with E-state index in [1.807, 2.05) is 0 Å². The number of allylic oxidation sites excluding steroid dienone is 2. The molecule has 0 aliphatic heterocycles. The van der Waals surface area contributed by atoms with Crippen molar-refractivity contribution in [1.29, 1.82) is 0 Å². The molecule has 0 amide bonds. The van der Waals surface area contributed by atoms with Gasteiger partial charge in [-0.25, -0.2) is 0 Å². The molecule has 5 heteroatoms. The van der Waals surface area contributed by atoms with Crippen LogP contribution in [0.5, 0.6) is 0 Å². The Morgan fingerprint density at radius 3 is 2.37 bits per heavy atom. The number of esters is 2. The summed E-state index contributed by atoms with van der Waals surface area (Å²) in [5, 5.41) is 9.99. The predicted octanol–water partition coefficient (Wildman–Crippen LogP) is 4.52. The predicted molar refractivity (Wildman–Crippen MR) is 115 cm³/mol. The average molecular weight is 421 g/mol. The van der Waals surface area contributed by atoms with Gasteiger partial charge in [0.15, 0.2) is 0 Å². The molecule has 3 aliphatic rings. The first-order valence-corrected chi connectivity index (χ1v) is 11.6. The third-order valence-electron chi connectivity index (χ3n) is 8.66. The van der Waals surface area contributed by atoms with E-state index in [2.05, 4.69) is 46.8 Å². The number of ether oxygens (including phenoxy) is 2. The van der Waals surface area contributed by atoms with E-state index in [9.17, 15) is 14.7 Å². The number of carbonyl (C=O) groups excluding carboxylic acids is 2. The highest BCUT2D eigenvalue weighted by atomic mass is 16.6. The smallest absolute Gasteiger partial charge is 0.310 e. The fourth-order valence-corrected chi connectivity index (χ4v) is 7.42. The second-order valence-corrected chi connectivity index (χ2v) is 11.2. The van der Waals surface area contributed by atoms with Crippen LogP contribution in [0.4, 0.5) is 0 Å². The van der Waals surface area contributed by atoms with Gasteiger partial charge in [-0.3, -0.25) is 9.59 Å². The maximum Gasteiger partial charge on any atom is 0.310 e. The fourth-order valence-electron chi connectivity index (χ4n) is 7.42. The van der Waals surface area contributed by atoms with Gasteiger partial charge in [0.05, 0.1) is 5.92 Å². The van der Waals surface area contributed by atoms with Crippen LogP contribution in [0, 0.1) is 39.9 Å². The van der Waals surface area contributed by atoms with Crippen molar-refractivity contribution < 1.29 is 24.2 Å². The van der Waals surface area contributed by atoms with E-state index in [1.165, 1.54) is 26.2 Å². The largest absolute Gasteiger partial charge is 0.463 e. The van der Waals surface area contributed by atoms with E-state index >= 15 is 0 Å². The van der Waals surface area contributed by atoms with Crippen molar-refractivity contribution in [2.75, 3.05) is 13.2 Å². The Morgan fingerprint density at radius 2 is 1.70 bits per heavy atom. The van der Waals surface area contributed by atoms with Gasteiger partial charge in [0, 0.05) is 6.92 Å². The minimum atomic E-state index is -0.997. The first-order valence-electron chi connectivity index (χ1n) is 11.6. The van der Waals surface area contributed by atoms with Gasteiger partial charge in [0.2, 0.25) is 0 Å². The van der Waals surface area contributed by atoms with Gasteiger partial charge in [-0.05, 0) is 59.7 Å². The van der Waals surface area contributed by atoms with Gasteiger partial charge >= 0.3 is 11.9 Å². The zero-order valence-corrected chi connectivity index (χ0v) is 19.6. The Balaban J connectivity index is 1.78. The first-order chi connectivity index (χ1) is 13.9. The molecule has 0 saturated heterocycles. The summed E-state index contributed by atoms with van der Waals surface area (Å²) in [6.07, 6.45) is 9.52. The van der Waals surface area contributed by atoms with Crippen molar-refractivity contribution in [1.82, 2.24) is 0 Å². The monoisotopic (exact) mass is 420 g/mol. The third-order valence-corrected chi connectivity index (χ3v) is 8.66. The molecule has 5 nitrogen and oxygen atoms in total. The lowest BCUT2D eigenvalue weighted by atomic mass is 9.40. The molecule has 3 rings (SSSR count). The summed E-state index contributed by atoms with van der Waals surface area (Å²) in [6.45, 7) is 12.7. The van der Waals surface area contributed by atoms with E-state index in [4.69, 9.17) is 9.47 Å². The molecule has 0 spiro atoms. The Labute approximate surface area is 181 Å². The highest BCUT2D eigenvalue weighted by Crippen LogP contribution is 2.67. The summed E-state index contributed by atoms with van der Waals surface area (Å²) < 4.78 is 10.4. The molecule has 0 heterocycles. The van der Waals surface area contributed by atoms with Gasteiger partial charge in [0.1, 0.15) is 19.3 Å². The molecule has 3 aliphatic carbocycles. The Kier molecular flexibility index (Phi) is 6.44. The van der Waals surface area contributed by atoms with Crippen molar-refractivity contribution in [3.05, 3.63) is 12.2 Å². The van der Waals surface area contributed by atoms with Crippen LogP contribution in [0.3, 0.4) is 0 Å². The average Bonchev–Trinajstić information content (AvgIpc) is 2.63. The van der Waals surface area contributed by atoms with E-state index in [0.717, 1.165) is 12.8 Å². The molecule has 2 unspecified atom stereocenters. The normalized spacial score (nSPS) is 40.6.